The average Bonchev–Trinajstić information content (AvgIpc) is 2.18. The van der Waals surface area contributed by atoms with Gasteiger partial charge >= 0.3 is 0 Å². The van der Waals surface area contributed by atoms with Gasteiger partial charge in [0.25, 0.3) is 0 Å². The van der Waals surface area contributed by atoms with Gasteiger partial charge in [-0.3, -0.25) is 0 Å². The zero-order valence-corrected chi connectivity index (χ0v) is 10.6. The van der Waals surface area contributed by atoms with E-state index in [9.17, 15) is 4.79 Å². The van der Waals surface area contributed by atoms with Gasteiger partial charge in [-0.2, -0.15) is 0 Å². The molecule has 15 heavy (non-hydrogen) atoms. The van der Waals surface area contributed by atoms with Crippen LogP contribution in [0, 0.1) is 5.41 Å². The maximum absolute atomic E-state index is 11.0. The second-order valence-electron chi connectivity index (χ2n) is 4.46. The number of hydrogen-bond donors (Lipinski definition) is 0. The number of nitrogens with zero attached hydrogens (tertiary/aromatic N) is 1. The molecule has 0 aliphatic heterocycles. The molecule has 0 aromatic carbocycles. The lowest BCUT2D eigenvalue weighted by Gasteiger charge is -2.28. The second-order valence-corrected chi connectivity index (χ2v) is 4.46. The highest BCUT2D eigenvalue weighted by Crippen LogP contribution is 2.21. The highest BCUT2D eigenvalue weighted by atomic mass is 16.5. The fourth-order valence-electron chi connectivity index (χ4n) is 1.81. The molecule has 0 aromatic heterocycles. The molecule has 1 atom stereocenters. The maximum atomic E-state index is 11.0. The van der Waals surface area contributed by atoms with E-state index in [0.29, 0.717) is 0 Å². The first-order valence-electron chi connectivity index (χ1n) is 5.80. The second kappa shape index (κ2) is 7.83. The zero-order valence-electron chi connectivity index (χ0n) is 10.6. The topological polar surface area (TPSA) is 29.5 Å². The highest BCUT2D eigenvalue weighted by molar-refractivity contribution is 5.58. The van der Waals surface area contributed by atoms with E-state index in [1.807, 2.05) is 20.9 Å². The van der Waals surface area contributed by atoms with E-state index in [0.717, 1.165) is 45.4 Å². The summed E-state index contributed by atoms with van der Waals surface area (Å²) < 4.78 is 5.28. The summed E-state index contributed by atoms with van der Waals surface area (Å²) in [7, 11) is 2.04. The summed E-state index contributed by atoms with van der Waals surface area (Å²) in [5.41, 5.74) is -0.199. The minimum Gasteiger partial charge on any atom is -0.380 e. The van der Waals surface area contributed by atoms with Crippen molar-refractivity contribution in [2.75, 3.05) is 33.4 Å². The molecule has 1 unspecified atom stereocenters. The Morgan fingerprint density at radius 3 is 2.53 bits per heavy atom. The molecule has 0 N–H and O–H groups in total. The van der Waals surface area contributed by atoms with Gasteiger partial charge in [-0.1, -0.05) is 20.3 Å². The number of carbonyl (C=O) groups excluding carboxylic acids is 1. The van der Waals surface area contributed by atoms with Crippen LogP contribution in [0.25, 0.3) is 0 Å². The van der Waals surface area contributed by atoms with Crippen LogP contribution >= 0.6 is 0 Å². The fraction of sp³-hybridized carbons (Fsp3) is 0.917. The van der Waals surface area contributed by atoms with E-state index in [1.54, 1.807) is 0 Å². The van der Waals surface area contributed by atoms with Gasteiger partial charge in [0.05, 0.1) is 6.61 Å². The fourth-order valence-corrected chi connectivity index (χ4v) is 1.81. The molecular weight excluding hydrogens is 190 g/mol. The van der Waals surface area contributed by atoms with Gasteiger partial charge in [-0.05, 0) is 20.4 Å². The average molecular weight is 215 g/mol. The largest absolute Gasteiger partial charge is 0.380 e. The molecule has 3 nitrogen and oxygen atoms in total. The Morgan fingerprint density at radius 2 is 2.07 bits per heavy atom. The molecule has 3 heteroatoms. The van der Waals surface area contributed by atoms with E-state index in [2.05, 4.69) is 11.8 Å². The standard InChI is InChI=1S/C12H25NO2/c1-5-7-12(3,11-14)10-13(4)8-9-15-6-2/h11H,5-10H2,1-4H3. The zero-order chi connectivity index (χ0) is 11.7. The van der Waals surface area contributed by atoms with Gasteiger partial charge < -0.3 is 14.4 Å². The van der Waals surface area contributed by atoms with Crippen molar-refractivity contribution in [1.29, 1.82) is 0 Å². The molecule has 0 bridgehead atoms. The molecule has 0 saturated heterocycles. The van der Waals surface area contributed by atoms with Gasteiger partial charge in [0, 0.05) is 25.1 Å². The molecule has 0 aliphatic carbocycles. The Kier molecular flexibility index (Phi) is 7.61. The molecule has 0 aliphatic rings. The van der Waals surface area contributed by atoms with Crippen LogP contribution in [0.1, 0.15) is 33.6 Å². The Morgan fingerprint density at radius 1 is 1.40 bits per heavy atom. The summed E-state index contributed by atoms with van der Waals surface area (Å²) in [5, 5.41) is 0. The summed E-state index contributed by atoms with van der Waals surface area (Å²) in [6, 6.07) is 0. The quantitative estimate of drug-likeness (QED) is 0.435. The van der Waals surface area contributed by atoms with Gasteiger partial charge in [-0.25, -0.2) is 0 Å². The number of carbonyl (C=O) groups is 1. The Balaban J connectivity index is 3.89. The first-order chi connectivity index (χ1) is 7.08. The number of aldehydes is 1. The molecule has 0 saturated carbocycles. The molecule has 0 heterocycles. The molecule has 90 valence electrons. The van der Waals surface area contributed by atoms with Crippen LogP contribution in [-0.2, 0) is 9.53 Å². The van der Waals surface area contributed by atoms with E-state index in [1.165, 1.54) is 0 Å². The van der Waals surface area contributed by atoms with Crippen molar-refractivity contribution in [1.82, 2.24) is 4.90 Å². The first kappa shape index (κ1) is 14.6. The van der Waals surface area contributed by atoms with Crippen molar-refractivity contribution in [3.63, 3.8) is 0 Å². The Hall–Kier alpha value is -0.410. The summed E-state index contributed by atoms with van der Waals surface area (Å²) in [5.74, 6) is 0. The minimum atomic E-state index is -0.199. The minimum absolute atomic E-state index is 0.199. The van der Waals surface area contributed by atoms with Gasteiger partial charge in [0.1, 0.15) is 6.29 Å². The van der Waals surface area contributed by atoms with Crippen molar-refractivity contribution in [2.24, 2.45) is 5.41 Å². The molecule has 0 radical (unpaired) electrons. The molecule has 0 spiro atoms. The normalized spacial score (nSPS) is 15.3. The van der Waals surface area contributed by atoms with Crippen LogP contribution in [0.3, 0.4) is 0 Å². The predicted octanol–water partition coefficient (Wildman–Crippen LogP) is 1.96. The Labute approximate surface area is 93.8 Å². The highest BCUT2D eigenvalue weighted by Gasteiger charge is 2.23. The molecule has 0 rings (SSSR count). The Bertz CT molecular complexity index is 173. The molecule has 0 aromatic rings. The third kappa shape index (κ3) is 6.63. The van der Waals surface area contributed by atoms with Crippen molar-refractivity contribution < 1.29 is 9.53 Å². The van der Waals surface area contributed by atoms with E-state index in [-0.39, 0.29) is 5.41 Å². The van der Waals surface area contributed by atoms with Crippen molar-refractivity contribution in [3.05, 3.63) is 0 Å². The summed E-state index contributed by atoms with van der Waals surface area (Å²) in [6.45, 7) is 9.34. The number of rotatable bonds is 9. The maximum Gasteiger partial charge on any atom is 0.127 e. The number of hydrogen-bond acceptors (Lipinski definition) is 3. The third-order valence-corrected chi connectivity index (χ3v) is 2.56. The van der Waals surface area contributed by atoms with E-state index in [4.69, 9.17) is 4.74 Å². The summed E-state index contributed by atoms with van der Waals surface area (Å²) in [6.07, 6.45) is 3.09. The van der Waals surface area contributed by atoms with Crippen molar-refractivity contribution in [3.8, 4) is 0 Å². The van der Waals surface area contributed by atoms with Crippen LogP contribution in [0.5, 0.6) is 0 Å². The van der Waals surface area contributed by atoms with Crippen molar-refractivity contribution >= 4 is 6.29 Å². The monoisotopic (exact) mass is 215 g/mol. The van der Waals surface area contributed by atoms with Crippen LogP contribution in [0.15, 0.2) is 0 Å². The van der Waals surface area contributed by atoms with E-state index >= 15 is 0 Å². The van der Waals surface area contributed by atoms with Crippen LogP contribution in [-0.4, -0.2) is 44.5 Å². The van der Waals surface area contributed by atoms with Gasteiger partial charge in [0.15, 0.2) is 0 Å². The lowest BCUT2D eigenvalue weighted by Crippen LogP contribution is -2.36. The predicted molar refractivity (Wildman–Crippen MR) is 63.1 cm³/mol. The summed E-state index contributed by atoms with van der Waals surface area (Å²) >= 11 is 0. The molecule has 0 amide bonds. The van der Waals surface area contributed by atoms with Crippen LogP contribution in [0.4, 0.5) is 0 Å². The molecular formula is C12H25NO2. The lowest BCUT2D eigenvalue weighted by atomic mass is 9.87. The summed E-state index contributed by atoms with van der Waals surface area (Å²) in [4.78, 5) is 13.2. The van der Waals surface area contributed by atoms with Crippen molar-refractivity contribution in [2.45, 2.75) is 33.6 Å². The lowest BCUT2D eigenvalue weighted by molar-refractivity contribution is -0.116. The van der Waals surface area contributed by atoms with Gasteiger partial charge in [-0.15, -0.1) is 0 Å². The SMILES string of the molecule is CCCC(C)(C=O)CN(C)CCOCC. The number of likely N-dealkylation sites (N-methyl/N-ethyl adjacent to an activating group) is 1. The van der Waals surface area contributed by atoms with E-state index < -0.39 is 0 Å². The smallest absolute Gasteiger partial charge is 0.127 e. The molecule has 0 fully saturated rings. The van der Waals surface area contributed by atoms with Crippen LogP contribution < -0.4 is 0 Å². The number of ether oxygens (including phenoxy) is 1. The van der Waals surface area contributed by atoms with Gasteiger partial charge in [0.2, 0.25) is 0 Å². The third-order valence-electron chi connectivity index (χ3n) is 2.56. The van der Waals surface area contributed by atoms with Crippen LogP contribution in [0.2, 0.25) is 0 Å². The first-order valence-corrected chi connectivity index (χ1v) is 5.80.